The second kappa shape index (κ2) is 42.8. The van der Waals surface area contributed by atoms with Crippen molar-refractivity contribution < 1.29 is 48.3 Å². The number of unbranched alkanes of at least 4 members (excludes halogenated alkanes) is 3. The summed E-state index contributed by atoms with van der Waals surface area (Å²) in [6, 6.07) is -2.09. The predicted octanol–water partition coefficient (Wildman–Crippen LogP) is -4.45. The van der Waals surface area contributed by atoms with E-state index in [0.717, 1.165) is 0 Å². The lowest BCUT2D eigenvalue weighted by Gasteiger charge is -2.33. The molecule has 0 heterocycles. The third-order valence-corrected chi connectivity index (χ3v) is 16.1. The molecule has 2 saturated carbocycles. The summed E-state index contributed by atoms with van der Waals surface area (Å²) in [4.78, 5) is 135. The highest BCUT2D eigenvalue weighted by molar-refractivity contribution is 5.96. The molecule has 3 rings (SSSR count). The highest BCUT2D eigenvalue weighted by Gasteiger charge is 2.36. The summed E-state index contributed by atoms with van der Waals surface area (Å²) in [5.74, 6) is -6.32. The van der Waals surface area contributed by atoms with Gasteiger partial charge in [0.15, 0.2) is 17.9 Å². The summed E-state index contributed by atoms with van der Waals surface area (Å²) in [5.41, 5.74) is 62.4. The molecule has 32 heteroatoms. The van der Waals surface area contributed by atoms with Crippen molar-refractivity contribution in [3.63, 3.8) is 0 Å². The molecule has 7 atom stereocenters. The monoisotopic (exact) mass is 1280 g/mol. The van der Waals surface area contributed by atoms with E-state index < -0.39 is 89.6 Å². The van der Waals surface area contributed by atoms with Crippen molar-refractivity contribution in [2.75, 3.05) is 39.3 Å². The van der Waals surface area contributed by atoms with Gasteiger partial charge < -0.3 is 111 Å². The number of aliphatic imine (C=N–C) groups is 3. The minimum atomic E-state index is -1.30. The van der Waals surface area contributed by atoms with Crippen LogP contribution in [0, 0.1) is 11.8 Å². The number of nitrogens with two attached hydrogens (primary N) is 11. The molecule has 32 nitrogen and oxygen atoms in total. The highest BCUT2D eigenvalue weighted by atomic mass is 16.3. The van der Waals surface area contributed by atoms with Crippen molar-refractivity contribution in [3.05, 3.63) is 29.8 Å². The molecule has 0 bridgehead atoms. The molecule has 0 spiro atoms. The first-order valence-corrected chi connectivity index (χ1v) is 32.0. The second-order valence-corrected chi connectivity index (χ2v) is 23.6. The van der Waals surface area contributed by atoms with Crippen molar-refractivity contribution in [2.24, 2.45) is 89.9 Å². The molecule has 91 heavy (non-hydrogen) atoms. The zero-order valence-corrected chi connectivity index (χ0v) is 52.7. The van der Waals surface area contributed by atoms with Crippen LogP contribution in [0.4, 0.5) is 0 Å². The van der Waals surface area contributed by atoms with E-state index in [4.69, 9.17) is 63.1 Å². The Hall–Kier alpha value is -8.10. The maximum absolute atomic E-state index is 14.5. The standard InChI is InChI=1S/C59H106N22O10/c60-28-4-1-11-42(48(64)83)76-53(88)45(14-8-32-72-58(67)68)79-55(90)46(15-9-33-73-59(69)70)80-56(91)47(34-35-16-26-40(82)27-17-35)81-50(85)37-20-22-38(23-21-37)74-49(84)36-18-24-39(25-19-36)75-52(87)43(12-2-5-29-61)78-54(89)44(13-3-6-30-62)77-51(86)41(63)10-7-31-71-57(65)66/h16-17,26-27,36-39,41-47,82H,1-15,18-25,28-34,60-63H2,(H2,64,83)(H,74,84)(H,75,87)(H,76,88)(H,77,86)(H,78,89)(H,79,90)(H,80,91)(H,81,85)(H4,65,66,71)(H4,67,68,72)(H4,69,70,73)/t36?,37?,38?,39?,41-,42-,43-,44-,45-,46-,47-/m0/s1. The Labute approximate surface area is 533 Å². The van der Waals surface area contributed by atoms with Crippen LogP contribution in [0.25, 0.3) is 0 Å². The third-order valence-electron chi connectivity index (χ3n) is 16.1. The zero-order valence-electron chi connectivity index (χ0n) is 52.7. The topological polar surface area (TPSA) is 593 Å². The van der Waals surface area contributed by atoms with Crippen LogP contribution in [-0.4, -0.2) is 170 Å². The molecule has 512 valence electrons. The average Bonchev–Trinajstić information content (AvgIpc) is 2.37. The average molecular weight is 1280 g/mol. The van der Waals surface area contributed by atoms with Crippen molar-refractivity contribution in [2.45, 2.75) is 208 Å². The Balaban J connectivity index is 1.68. The van der Waals surface area contributed by atoms with E-state index in [0.29, 0.717) is 128 Å². The van der Waals surface area contributed by atoms with Gasteiger partial charge in [0, 0.05) is 50.0 Å². The first-order chi connectivity index (χ1) is 43.4. The summed E-state index contributed by atoms with van der Waals surface area (Å²) in [7, 11) is 0. The molecule has 0 aliphatic heterocycles. The van der Waals surface area contributed by atoms with E-state index >= 15 is 0 Å². The van der Waals surface area contributed by atoms with Gasteiger partial charge in [0.25, 0.3) is 0 Å². The second-order valence-electron chi connectivity index (χ2n) is 23.6. The van der Waals surface area contributed by atoms with Gasteiger partial charge in [-0.05, 0) is 185 Å². The lowest BCUT2D eigenvalue weighted by atomic mass is 9.83. The summed E-state index contributed by atoms with van der Waals surface area (Å²) in [6.45, 7) is 1.62. The zero-order chi connectivity index (χ0) is 67.3. The SMILES string of the molecule is NCCCC[C@H](NC(=O)[C@H](CCCN=C(N)N)NC(=O)[C@H](CCCN=C(N)N)NC(=O)[C@H](Cc1ccc(O)cc1)NC(=O)C1CCC(NC(=O)C2CCC(NC(=O)[C@H](CCCCN)NC(=O)[C@H](CCCCN)NC(=O)[C@@H](N)CCCN=C(N)N)CC2)CC1)C(N)=O. The van der Waals surface area contributed by atoms with E-state index in [9.17, 15) is 48.3 Å². The number of rotatable bonds is 43. The van der Waals surface area contributed by atoms with Crippen LogP contribution in [0.2, 0.25) is 0 Å². The number of primary amides is 1. The number of phenols is 1. The number of carbonyl (C=O) groups excluding carboxylic acids is 9. The van der Waals surface area contributed by atoms with Gasteiger partial charge in [-0.3, -0.25) is 58.1 Å². The number of nitrogens with one attached hydrogen (secondary N) is 8. The Morgan fingerprint density at radius 1 is 0.407 bits per heavy atom. The number of benzene rings is 1. The van der Waals surface area contributed by atoms with Crippen molar-refractivity contribution in [3.8, 4) is 5.75 Å². The van der Waals surface area contributed by atoms with Crippen LogP contribution in [0.15, 0.2) is 39.2 Å². The number of guanidine groups is 3. The van der Waals surface area contributed by atoms with Gasteiger partial charge >= 0.3 is 0 Å². The van der Waals surface area contributed by atoms with Crippen LogP contribution in [0.3, 0.4) is 0 Å². The van der Waals surface area contributed by atoms with E-state index in [1.54, 1.807) is 12.1 Å². The minimum Gasteiger partial charge on any atom is -0.508 e. The van der Waals surface area contributed by atoms with Crippen LogP contribution in [-0.2, 0) is 49.6 Å². The fraction of sp³-hybridized carbons (Fsp3) is 0.695. The maximum atomic E-state index is 14.5. The molecular formula is C59H106N22O10. The van der Waals surface area contributed by atoms with Gasteiger partial charge in [0.05, 0.1) is 6.04 Å². The molecule has 0 aromatic heterocycles. The first-order valence-electron chi connectivity index (χ1n) is 32.0. The van der Waals surface area contributed by atoms with Crippen LogP contribution >= 0.6 is 0 Å². The number of phenolic OH excluding ortho intramolecular Hbond substituents is 1. The number of amides is 9. The first kappa shape index (κ1) is 77.1. The van der Waals surface area contributed by atoms with Gasteiger partial charge in [0.1, 0.15) is 42.0 Å². The van der Waals surface area contributed by atoms with E-state index in [1.165, 1.54) is 12.1 Å². The van der Waals surface area contributed by atoms with Gasteiger partial charge in [-0.1, -0.05) is 12.1 Å². The number of hydrogen-bond acceptors (Lipinski definition) is 17. The summed E-state index contributed by atoms with van der Waals surface area (Å²) in [6.07, 6.45) is 8.99. The molecule has 2 aliphatic carbocycles. The van der Waals surface area contributed by atoms with Gasteiger partial charge in [-0.2, -0.15) is 0 Å². The minimum absolute atomic E-state index is 0.0146. The molecule has 0 radical (unpaired) electrons. The molecule has 31 N–H and O–H groups in total. The molecule has 2 aliphatic rings. The lowest BCUT2D eigenvalue weighted by molar-refractivity contribution is -0.135. The molecule has 1 aromatic rings. The normalized spacial score (nSPS) is 18.5. The Morgan fingerprint density at radius 2 is 0.758 bits per heavy atom. The fourth-order valence-corrected chi connectivity index (χ4v) is 10.9. The molecule has 9 amide bonds. The Morgan fingerprint density at radius 3 is 1.18 bits per heavy atom. The van der Waals surface area contributed by atoms with Gasteiger partial charge in [-0.25, -0.2) is 0 Å². The van der Waals surface area contributed by atoms with Crippen LogP contribution in [0.1, 0.15) is 153 Å². The Kier molecular flexibility index (Phi) is 36.3. The summed E-state index contributed by atoms with van der Waals surface area (Å²) in [5, 5.41) is 32.9. The van der Waals surface area contributed by atoms with Gasteiger partial charge in [0.2, 0.25) is 53.2 Å². The largest absolute Gasteiger partial charge is 0.508 e. The van der Waals surface area contributed by atoms with Crippen molar-refractivity contribution >= 4 is 71.0 Å². The summed E-state index contributed by atoms with van der Waals surface area (Å²) < 4.78 is 0. The molecule has 0 unspecified atom stereocenters. The molecule has 0 saturated heterocycles. The number of carbonyl (C=O) groups is 9. The van der Waals surface area contributed by atoms with E-state index in [2.05, 4.69) is 57.5 Å². The van der Waals surface area contributed by atoms with Crippen LogP contribution in [0.5, 0.6) is 5.75 Å². The Bertz CT molecular complexity index is 2530. The lowest BCUT2D eigenvalue weighted by Crippen LogP contribution is -2.58. The summed E-state index contributed by atoms with van der Waals surface area (Å²) >= 11 is 0. The van der Waals surface area contributed by atoms with Crippen molar-refractivity contribution in [1.29, 1.82) is 0 Å². The number of aromatic hydroxyl groups is 1. The smallest absolute Gasteiger partial charge is 0.243 e. The quantitative estimate of drug-likeness (QED) is 0.0167. The van der Waals surface area contributed by atoms with E-state index in [-0.39, 0.29) is 124 Å². The highest BCUT2D eigenvalue weighted by Crippen LogP contribution is 2.28. The molecule has 2 fully saturated rings. The van der Waals surface area contributed by atoms with Crippen molar-refractivity contribution in [1.82, 2.24) is 42.5 Å². The van der Waals surface area contributed by atoms with E-state index in [1.807, 2.05) is 0 Å². The molecular weight excluding hydrogens is 1180 g/mol. The van der Waals surface area contributed by atoms with Crippen LogP contribution < -0.4 is 106 Å². The number of hydrogen-bond donors (Lipinski definition) is 20. The molecule has 1 aromatic carbocycles. The fourth-order valence-electron chi connectivity index (χ4n) is 10.9. The number of nitrogens with zero attached hydrogens (tertiary/aromatic N) is 3. The van der Waals surface area contributed by atoms with Gasteiger partial charge in [-0.15, -0.1) is 0 Å². The maximum Gasteiger partial charge on any atom is 0.243 e. The third kappa shape index (κ3) is 31.0. The predicted molar refractivity (Wildman–Crippen MR) is 347 cm³/mol.